The van der Waals surface area contributed by atoms with Crippen molar-refractivity contribution in [1.29, 1.82) is 0 Å². The van der Waals surface area contributed by atoms with E-state index in [0.717, 1.165) is 30.3 Å². The van der Waals surface area contributed by atoms with Gasteiger partial charge in [-0.05, 0) is 42.4 Å². The summed E-state index contributed by atoms with van der Waals surface area (Å²) < 4.78 is 0. The molecule has 0 atom stereocenters. The van der Waals surface area contributed by atoms with Gasteiger partial charge in [-0.15, -0.1) is 0 Å². The molecule has 1 aliphatic carbocycles. The number of anilines is 1. The highest BCUT2D eigenvalue weighted by molar-refractivity contribution is 5.88. The molecule has 1 aromatic carbocycles. The number of carbonyl (C=O) groups is 1. The first-order chi connectivity index (χ1) is 11.6. The lowest BCUT2D eigenvalue weighted by atomic mass is 9.86. The van der Waals surface area contributed by atoms with Gasteiger partial charge in [0.05, 0.1) is 0 Å². The Kier molecular flexibility index (Phi) is 5.07. The molecule has 1 saturated heterocycles. The molecule has 5 heteroatoms. The minimum absolute atomic E-state index is 0.0464. The molecule has 2 fully saturated rings. The first-order valence-corrected chi connectivity index (χ1v) is 8.92. The van der Waals surface area contributed by atoms with Gasteiger partial charge in [0.2, 0.25) is 5.91 Å². The monoisotopic (exact) mass is 328 g/mol. The van der Waals surface area contributed by atoms with Gasteiger partial charge in [-0.2, -0.15) is 0 Å². The molecule has 0 radical (unpaired) electrons. The van der Waals surface area contributed by atoms with Crippen LogP contribution in [-0.2, 0) is 11.3 Å². The van der Waals surface area contributed by atoms with E-state index >= 15 is 0 Å². The molecule has 0 bridgehead atoms. The Morgan fingerprint density at radius 1 is 1.29 bits per heavy atom. The molecule has 0 aromatic heterocycles. The average Bonchev–Trinajstić information content (AvgIpc) is 3.18. The van der Waals surface area contributed by atoms with E-state index in [1.54, 1.807) is 0 Å². The number of hydrogen-bond acceptors (Lipinski definition) is 2. The number of guanidine groups is 1. The van der Waals surface area contributed by atoms with Crippen molar-refractivity contribution in [3.8, 4) is 0 Å². The Morgan fingerprint density at radius 2 is 2.08 bits per heavy atom. The highest BCUT2D eigenvalue weighted by Gasteiger charge is 2.40. The van der Waals surface area contributed by atoms with E-state index in [4.69, 9.17) is 0 Å². The third-order valence-corrected chi connectivity index (χ3v) is 5.31. The number of benzene rings is 1. The predicted molar refractivity (Wildman–Crippen MR) is 98.0 cm³/mol. The van der Waals surface area contributed by atoms with Crippen LogP contribution in [0.3, 0.4) is 0 Å². The lowest BCUT2D eigenvalue weighted by Gasteiger charge is -2.26. The maximum atomic E-state index is 11.2. The fraction of sp³-hybridized carbons (Fsp3) is 0.579. The van der Waals surface area contributed by atoms with Crippen LogP contribution in [0.1, 0.15) is 44.6 Å². The Labute approximate surface area is 144 Å². The Morgan fingerprint density at radius 3 is 2.79 bits per heavy atom. The standard InChI is InChI=1S/C19H28N4O/c1-15(24)22-17-7-5-6-16(12-17)13-21-18(20-2)23-11-10-19(14-23)8-3-4-9-19/h5-7,12H,3-4,8-11,13-14H2,1-2H3,(H,20,21)(H,22,24). The van der Waals surface area contributed by atoms with Crippen molar-refractivity contribution >= 4 is 17.6 Å². The van der Waals surface area contributed by atoms with Gasteiger partial charge >= 0.3 is 0 Å². The van der Waals surface area contributed by atoms with E-state index in [9.17, 15) is 4.79 Å². The van der Waals surface area contributed by atoms with Crippen LogP contribution in [0, 0.1) is 5.41 Å². The highest BCUT2D eigenvalue weighted by atomic mass is 16.1. The van der Waals surface area contributed by atoms with Crippen molar-refractivity contribution in [3.63, 3.8) is 0 Å². The summed E-state index contributed by atoms with van der Waals surface area (Å²) in [7, 11) is 1.86. The summed E-state index contributed by atoms with van der Waals surface area (Å²) in [5.74, 6) is 0.943. The fourth-order valence-electron chi connectivity index (χ4n) is 4.12. The normalized spacial score (nSPS) is 19.8. The van der Waals surface area contributed by atoms with Crippen molar-refractivity contribution in [1.82, 2.24) is 10.2 Å². The van der Waals surface area contributed by atoms with E-state index in [-0.39, 0.29) is 5.91 Å². The van der Waals surface area contributed by atoms with Crippen LogP contribution in [0.25, 0.3) is 0 Å². The zero-order valence-corrected chi connectivity index (χ0v) is 14.8. The second-order valence-corrected chi connectivity index (χ2v) is 7.16. The number of likely N-dealkylation sites (tertiary alicyclic amines) is 1. The third kappa shape index (κ3) is 3.89. The molecule has 2 N–H and O–H groups in total. The maximum absolute atomic E-state index is 11.2. The van der Waals surface area contributed by atoms with Gasteiger partial charge < -0.3 is 15.5 Å². The van der Waals surface area contributed by atoms with E-state index in [1.807, 2.05) is 25.2 Å². The number of rotatable bonds is 3. The first-order valence-electron chi connectivity index (χ1n) is 8.92. The molecule has 130 valence electrons. The topological polar surface area (TPSA) is 56.7 Å². The van der Waals surface area contributed by atoms with Crippen LogP contribution in [-0.4, -0.2) is 36.9 Å². The van der Waals surface area contributed by atoms with Gasteiger partial charge in [0, 0.05) is 39.3 Å². The first kappa shape index (κ1) is 16.8. The number of nitrogens with zero attached hydrogens (tertiary/aromatic N) is 2. The van der Waals surface area contributed by atoms with Crippen LogP contribution in [0.15, 0.2) is 29.3 Å². The summed E-state index contributed by atoms with van der Waals surface area (Å²) in [5.41, 5.74) is 2.52. The molecular formula is C19H28N4O. The maximum Gasteiger partial charge on any atom is 0.221 e. The molecule has 1 heterocycles. The second kappa shape index (κ2) is 7.24. The smallest absolute Gasteiger partial charge is 0.221 e. The Hall–Kier alpha value is -2.04. The van der Waals surface area contributed by atoms with Gasteiger partial charge in [-0.25, -0.2) is 0 Å². The van der Waals surface area contributed by atoms with Crippen molar-refractivity contribution < 1.29 is 4.79 Å². The molecule has 1 spiro atoms. The van der Waals surface area contributed by atoms with Crippen LogP contribution in [0.2, 0.25) is 0 Å². The lowest BCUT2D eigenvalue weighted by molar-refractivity contribution is -0.114. The van der Waals surface area contributed by atoms with Crippen LogP contribution < -0.4 is 10.6 Å². The average molecular weight is 328 g/mol. The summed E-state index contributed by atoms with van der Waals surface area (Å²) in [6.07, 6.45) is 6.82. The number of aliphatic imine (C=N–C) groups is 1. The molecule has 1 saturated carbocycles. The van der Waals surface area contributed by atoms with Gasteiger partial charge in [-0.1, -0.05) is 25.0 Å². The lowest BCUT2D eigenvalue weighted by Crippen LogP contribution is -2.40. The Balaban J connectivity index is 1.58. The minimum Gasteiger partial charge on any atom is -0.352 e. The molecule has 3 rings (SSSR count). The molecule has 1 aliphatic heterocycles. The summed E-state index contributed by atoms with van der Waals surface area (Å²) in [4.78, 5) is 18.1. The number of carbonyl (C=O) groups excluding carboxylic acids is 1. The van der Waals surface area contributed by atoms with Crippen LogP contribution >= 0.6 is 0 Å². The summed E-state index contributed by atoms with van der Waals surface area (Å²) in [6, 6.07) is 7.94. The van der Waals surface area contributed by atoms with Gasteiger partial charge in [0.1, 0.15) is 0 Å². The van der Waals surface area contributed by atoms with Crippen LogP contribution in [0.5, 0.6) is 0 Å². The van der Waals surface area contributed by atoms with E-state index in [0.29, 0.717) is 12.0 Å². The number of hydrogen-bond donors (Lipinski definition) is 2. The van der Waals surface area contributed by atoms with Crippen molar-refractivity contribution in [2.24, 2.45) is 10.4 Å². The molecule has 24 heavy (non-hydrogen) atoms. The van der Waals surface area contributed by atoms with E-state index in [1.165, 1.54) is 39.0 Å². The highest BCUT2D eigenvalue weighted by Crippen LogP contribution is 2.45. The molecule has 0 unspecified atom stereocenters. The third-order valence-electron chi connectivity index (χ3n) is 5.31. The van der Waals surface area contributed by atoms with Gasteiger partial charge in [0.15, 0.2) is 5.96 Å². The molecule has 5 nitrogen and oxygen atoms in total. The minimum atomic E-state index is -0.0464. The predicted octanol–water partition coefficient (Wildman–Crippen LogP) is 2.99. The zero-order valence-electron chi connectivity index (χ0n) is 14.8. The van der Waals surface area contributed by atoms with Crippen molar-refractivity contribution in [2.45, 2.75) is 45.6 Å². The SMILES string of the molecule is CN=C(NCc1cccc(NC(C)=O)c1)N1CCC2(CCCC2)C1. The Bertz CT molecular complexity index is 620. The second-order valence-electron chi connectivity index (χ2n) is 7.16. The molecule has 2 aliphatic rings. The van der Waals surface area contributed by atoms with E-state index < -0.39 is 0 Å². The number of nitrogens with one attached hydrogen (secondary N) is 2. The quantitative estimate of drug-likeness (QED) is 0.662. The number of amides is 1. The molecule has 1 aromatic rings. The van der Waals surface area contributed by atoms with Crippen molar-refractivity contribution in [3.05, 3.63) is 29.8 Å². The largest absolute Gasteiger partial charge is 0.352 e. The van der Waals surface area contributed by atoms with Gasteiger partial charge in [-0.3, -0.25) is 9.79 Å². The van der Waals surface area contributed by atoms with Crippen LogP contribution in [0.4, 0.5) is 5.69 Å². The summed E-state index contributed by atoms with van der Waals surface area (Å²) in [6.45, 7) is 4.48. The summed E-state index contributed by atoms with van der Waals surface area (Å²) in [5, 5.41) is 6.31. The van der Waals surface area contributed by atoms with Crippen molar-refractivity contribution in [2.75, 3.05) is 25.5 Å². The van der Waals surface area contributed by atoms with Gasteiger partial charge in [0.25, 0.3) is 0 Å². The van der Waals surface area contributed by atoms with E-state index in [2.05, 4.69) is 26.6 Å². The molecule has 1 amide bonds. The fourth-order valence-corrected chi connectivity index (χ4v) is 4.12. The summed E-state index contributed by atoms with van der Waals surface area (Å²) >= 11 is 0. The zero-order chi connectivity index (χ0) is 17.0. The molecular weight excluding hydrogens is 300 g/mol.